The Hall–Kier alpha value is -0.770. The third-order valence-corrected chi connectivity index (χ3v) is 4.15. The van der Waals surface area contributed by atoms with E-state index in [1.807, 2.05) is 20.8 Å². The Morgan fingerprint density at radius 1 is 1.05 bits per heavy atom. The van der Waals surface area contributed by atoms with Crippen molar-refractivity contribution >= 4 is 6.09 Å². The molecule has 130 valence electrons. The van der Waals surface area contributed by atoms with Crippen LogP contribution >= 0.6 is 0 Å². The van der Waals surface area contributed by atoms with E-state index < -0.39 is 5.60 Å². The highest BCUT2D eigenvalue weighted by Crippen LogP contribution is 2.20. The summed E-state index contributed by atoms with van der Waals surface area (Å²) in [4.78, 5) is 11.8. The maximum atomic E-state index is 11.8. The van der Waals surface area contributed by atoms with E-state index >= 15 is 0 Å². The van der Waals surface area contributed by atoms with E-state index in [0.717, 1.165) is 31.6 Å². The maximum absolute atomic E-state index is 11.8. The van der Waals surface area contributed by atoms with Gasteiger partial charge in [0.25, 0.3) is 0 Å². The Balaban J connectivity index is 2.21. The van der Waals surface area contributed by atoms with Crippen molar-refractivity contribution in [3.8, 4) is 0 Å². The zero-order valence-corrected chi connectivity index (χ0v) is 15.4. The largest absolute Gasteiger partial charge is 0.444 e. The van der Waals surface area contributed by atoms with Crippen LogP contribution in [0.25, 0.3) is 0 Å². The number of carbonyl (C=O) groups excluding carboxylic acids is 1. The zero-order chi connectivity index (χ0) is 16.8. The van der Waals surface area contributed by atoms with Crippen molar-refractivity contribution < 1.29 is 9.53 Å². The molecule has 0 saturated heterocycles. The van der Waals surface area contributed by atoms with Crippen molar-refractivity contribution in [2.45, 2.75) is 104 Å². The number of alkyl carbamates (subject to hydrolysis) is 1. The molecule has 1 rings (SSSR count). The molecule has 2 N–H and O–H groups in total. The smallest absolute Gasteiger partial charge is 0.407 e. The molecule has 4 heteroatoms. The van der Waals surface area contributed by atoms with E-state index in [2.05, 4.69) is 31.4 Å². The average Bonchev–Trinajstić information content (AvgIpc) is 2.36. The molecule has 22 heavy (non-hydrogen) atoms. The number of hydrogen-bond donors (Lipinski definition) is 2. The summed E-state index contributed by atoms with van der Waals surface area (Å²) >= 11 is 0. The molecule has 4 nitrogen and oxygen atoms in total. The van der Waals surface area contributed by atoms with Gasteiger partial charge in [0.2, 0.25) is 0 Å². The summed E-state index contributed by atoms with van der Waals surface area (Å²) in [6.45, 7) is 12.5. The van der Waals surface area contributed by atoms with Crippen LogP contribution in [0, 0.1) is 5.92 Å². The second-order valence-corrected chi connectivity index (χ2v) is 8.23. The van der Waals surface area contributed by atoms with Crippen molar-refractivity contribution in [2.24, 2.45) is 5.92 Å². The molecule has 0 aliphatic heterocycles. The van der Waals surface area contributed by atoms with Gasteiger partial charge in [0.05, 0.1) is 0 Å². The number of hydrogen-bond acceptors (Lipinski definition) is 3. The van der Waals surface area contributed by atoms with E-state index in [1.165, 1.54) is 12.8 Å². The molecule has 0 spiro atoms. The molecule has 1 unspecified atom stereocenters. The quantitative estimate of drug-likeness (QED) is 0.771. The van der Waals surface area contributed by atoms with Gasteiger partial charge < -0.3 is 15.4 Å². The standard InChI is InChI=1S/C18H36N2O2/c1-13(2)7-8-14(3)19-15-9-11-16(12-10-15)20-17(21)22-18(4,5)6/h13-16,19H,7-12H2,1-6H3,(H,20,21). The number of rotatable bonds is 6. The van der Waals surface area contributed by atoms with Crippen LogP contribution < -0.4 is 10.6 Å². The van der Waals surface area contributed by atoms with Gasteiger partial charge in [0.1, 0.15) is 5.60 Å². The highest BCUT2D eigenvalue weighted by molar-refractivity contribution is 5.68. The predicted octanol–water partition coefficient (Wildman–Crippen LogP) is 4.24. The Morgan fingerprint density at radius 2 is 1.59 bits per heavy atom. The van der Waals surface area contributed by atoms with E-state index in [9.17, 15) is 4.79 Å². The summed E-state index contributed by atoms with van der Waals surface area (Å²) < 4.78 is 5.32. The number of amides is 1. The lowest BCUT2D eigenvalue weighted by Gasteiger charge is -2.32. The number of carbonyl (C=O) groups is 1. The molecule has 1 atom stereocenters. The highest BCUT2D eigenvalue weighted by Gasteiger charge is 2.25. The van der Waals surface area contributed by atoms with Crippen molar-refractivity contribution in [1.82, 2.24) is 10.6 Å². The fourth-order valence-corrected chi connectivity index (χ4v) is 2.95. The molecule has 0 radical (unpaired) electrons. The minimum absolute atomic E-state index is 0.263. The SMILES string of the molecule is CC(C)CCC(C)NC1CCC(NC(=O)OC(C)(C)C)CC1. The lowest BCUT2D eigenvalue weighted by Crippen LogP contribution is -2.45. The normalized spacial score (nSPS) is 24.1. The minimum Gasteiger partial charge on any atom is -0.444 e. The predicted molar refractivity (Wildman–Crippen MR) is 92.1 cm³/mol. The molecule has 1 fully saturated rings. The van der Waals surface area contributed by atoms with Gasteiger partial charge in [-0.1, -0.05) is 13.8 Å². The monoisotopic (exact) mass is 312 g/mol. The van der Waals surface area contributed by atoms with Crippen LogP contribution in [0.1, 0.15) is 80.1 Å². The van der Waals surface area contributed by atoms with Gasteiger partial charge in [-0.15, -0.1) is 0 Å². The van der Waals surface area contributed by atoms with Gasteiger partial charge >= 0.3 is 6.09 Å². The number of nitrogens with one attached hydrogen (secondary N) is 2. The summed E-state index contributed by atoms with van der Waals surface area (Å²) in [5.74, 6) is 0.776. The summed E-state index contributed by atoms with van der Waals surface area (Å²) in [7, 11) is 0. The molecular formula is C18H36N2O2. The van der Waals surface area contributed by atoms with Gasteiger partial charge in [-0.05, 0) is 72.1 Å². The van der Waals surface area contributed by atoms with Gasteiger partial charge in [-0.2, -0.15) is 0 Å². The molecule has 1 aliphatic carbocycles. The third-order valence-electron chi connectivity index (χ3n) is 4.15. The van der Waals surface area contributed by atoms with E-state index in [1.54, 1.807) is 0 Å². The maximum Gasteiger partial charge on any atom is 0.407 e. The van der Waals surface area contributed by atoms with Crippen molar-refractivity contribution in [3.63, 3.8) is 0 Å². The lowest BCUT2D eigenvalue weighted by atomic mass is 9.90. The van der Waals surface area contributed by atoms with E-state index in [4.69, 9.17) is 4.74 Å². The topological polar surface area (TPSA) is 50.4 Å². The number of ether oxygens (including phenoxy) is 1. The summed E-state index contributed by atoms with van der Waals surface area (Å²) in [6.07, 6.45) is 6.58. The summed E-state index contributed by atoms with van der Waals surface area (Å²) in [5, 5.41) is 6.74. The molecule has 0 aromatic carbocycles. The van der Waals surface area contributed by atoms with Crippen LogP contribution in [0.3, 0.4) is 0 Å². The van der Waals surface area contributed by atoms with Crippen LogP contribution in [0.4, 0.5) is 4.79 Å². The fraction of sp³-hybridized carbons (Fsp3) is 0.944. The zero-order valence-electron chi connectivity index (χ0n) is 15.4. The molecule has 0 aromatic rings. The van der Waals surface area contributed by atoms with Gasteiger partial charge in [0, 0.05) is 18.1 Å². The second kappa shape index (κ2) is 8.76. The molecule has 1 amide bonds. The Morgan fingerprint density at radius 3 is 2.09 bits per heavy atom. The van der Waals surface area contributed by atoms with Crippen LogP contribution in [-0.4, -0.2) is 29.8 Å². The van der Waals surface area contributed by atoms with Crippen molar-refractivity contribution in [2.75, 3.05) is 0 Å². The van der Waals surface area contributed by atoms with Crippen LogP contribution in [0.2, 0.25) is 0 Å². The van der Waals surface area contributed by atoms with Crippen LogP contribution in [-0.2, 0) is 4.74 Å². The second-order valence-electron chi connectivity index (χ2n) is 8.23. The third kappa shape index (κ3) is 8.62. The Bertz CT molecular complexity index is 328. The molecular weight excluding hydrogens is 276 g/mol. The molecule has 1 saturated carbocycles. The Labute approximate surface area is 136 Å². The first-order chi connectivity index (χ1) is 10.2. The first kappa shape index (κ1) is 19.3. The Kier molecular flexibility index (Phi) is 7.67. The molecule has 0 bridgehead atoms. The molecule has 0 heterocycles. The van der Waals surface area contributed by atoms with Crippen molar-refractivity contribution in [1.29, 1.82) is 0 Å². The first-order valence-electron chi connectivity index (χ1n) is 8.91. The molecule has 1 aliphatic rings. The lowest BCUT2D eigenvalue weighted by molar-refractivity contribution is 0.0489. The fourth-order valence-electron chi connectivity index (χ4n) is 2.95. The first-order valence-corrected chi connectivity index (χ1v) is 8.91. The van der Waals surface area contributed by atoms with E-state index in [0.29, 0.717) is 12.1 Å². The average molecular weight is 312 g/mol. The van der Waals surface area contributed by atoms with Crippen LogP contribution in [0.5, 0.6) is 0 Å². The highest BCUT2D eigenvalue weighted by atomic mass is 16.6. The summed E-state index contributed by atoms with van der Waals surface area (Å²) in [5.41, 5.74) is -0.422. The van der Waals surface area contributed by atoms with E-state index in [-0.39, 0.29) is 12.1 Å². The van der Waals surface area contributed by atoms with Crippen molar-refractivity contribution in [3.05, 3.63) is 0 Å². The van der Waals surface area contributed by atoms with Crippen LogP contribution in [0.15, 0.2) is 0 Å². The minimum atomic E-state index is -0.422. The van der Waals surface area contributed by atoms with Gasteiger partial charge in [-0.25, -0.2) is 4.79 Å². The summed E-state index contributed by atoms with van der Waals surface area (Å²) in [6, 6.07) is 1.44. The molecule has 0 aromatic heterocycles. The van der Waals surface area contributed by atoms with Gasteiger partial charge in [-0.3, -0.25) is 0 Å². The van der Waals surface area contributed by atoms with Gasteiger partial charge in [0.15, 0.2) is 0 Å².